The first kappa shape index (κ1) is 21.7. The van der Waals surface area contributed by atoms with Crippen LogP contribution in [-0.4, -0.2) is 61.0 Å². The van der Waals surface area contributed by atoms with Gasteiger partial charge in [-0.1, -0.05) is 24.3 Å². The molecule has 0 saturated carbocycles. The molecule has 6 nitrogen and oxygen atoms in total. The van der Waals surface area contributed by atoms with Crippen molar-refractivity contribution in [3.8, 4) is 11.5 Å². The van der Waals surface area contributed by atoms with Gasteiger partial charge in [0.25, 0.3) is 0 Å². The van der Waals surface area contributed by atoms with E-state index in [4.69, 9.17) is 9.47 Å². The summed E-state index contributed by atoms with van der Waals surface area (Å²) in [5.41, 5.74) is 1.91. The average Bonchev–Trinajstić information content (AvgIpc) is 2.76. The minimum atomic E-state index is -0.0215. The molecule has 0 bridgehead atoms. The number of hydrogen-bond donors (Lipinski definition) is 0. The molecule has 0 aliphatic carbocycles. The van der Waals surface area contributed by atoms with E-state index in [-0.39, 0.29) is 23.9 Å². The Labute approximate surface area is 178 Å². The molecule has 2 aromatic rings. The quantitative estimate of drug-likeness (QED) is 0.735. The molecule has 1 fully saturated rings. The van der Waals surface area contributed by atoms with E-state index in [2.05, 4.69) is 0 Å². The van der Waals surface area contributed by atoms with Crippen LogP contribution in [0.25, 0.3) is 0 Å². The van der Waals surface area contributed by atoms with Crippen LogP contribution in [0.2, 0.25) is 0 Å². The number of piperazine rings is 1. The molecule has 1 heterocycles. The second-order valence-electron chi connectivity index (χ2n) is 7.84. The van der Waals surface area contributed by atoms with E-state index in [0.717, 1.165) is 22.6 Å². The van der Waals surface area contributed by atoms with E-state index >= 15 is 0 Å². The van der Waals surface area contributed by atoms with Gasteiger partial charge in [0.1, 0.15) is 11.5 Å². The molecule has 0 radical (unpaired) electrons. The third kappa shape index (κ3) is 5.12. The standard InChI is InChI=1S/C24H30N2O4/c1-17-15-26(24(28)14-20-7-11-22(30-4)12-8-20)18(2)16-25(17)23(27)13-19-5-9-21(29-3)10-6-19/h5-12,17-18H,13-16H2,1-4H3. The van der Waals surface area contributed by atoms with Gasteiger partial charge in [0.05, 0.1) is 27.1 Å². The zero-order valence-corrected chi connectivity index (χ0v) is 18.1. The Hall–Kier alpha value is -3.02. The highest BCUT2D eigenvalue weighted by Crippen LogP contribution is 2.20. The van der Waals surface area contributed by atoms with E-state index in [0.29, 0.717) is 25.9 Å². The summed E-state index contributed by atoms with van der Waals surface area (Å²) in [4.78, 5) is 29.6. The lowest BCUT2D eigenvalue weighted by atomic mass is 10.0. The van der Waals surface area contributed by atoms with Crippen molar-refractivity contribution in [3.05, 3.63) is 59.7 Å². The fourth-order valence-electron chi connectivity index (χ4n) is 3.86. The first-order chi connectivity index (χ1) is 14.4. The van der Waals surface area contributed by atoms with E-state index in [1.165, 1.54) is 0 Å². The Morgan fingerprint density at radius 1 is 0.733 bits per heavy atom. The van der Waals surface area contributed by atoms with Crippen molar-refractivity contribution in [1.82, 2.24) is 9.80 Å². The topological polar surface area (TPSA) is 59.1 Å². The van der Waals surface area contributed by atoms with Crippen molar-refractivity contribution < 1.29 is 19.1 Å². The zero-order valence-electron chi connectivity index (χ0n) is 18.1. The third-order valence-corrected chi connectivity index (χ3v) is 5.66. The van der Waals surface area contributed by atoms with Crippen LogP contribution in [0.1, 0.15) is 25.0 Å². The van der Waals surface area contributed by atoms with Crippen LogP contribution in [-0.2, 0) is 22.4 Å². The second-order valence-corrected chi connectivity index (χ2v) is 7.84. The monoisotopic (exact) mass is 410 g/mol. The third-order valence-electron chi connectivity index (χ3n) is 5.66. The predicted octanol–water partition coefficient (Wildman–Crippen LogP) is 2.94. The summed E-state index contributed by atoms with van der Waals surface area (Å²) >= 11 is 0. The Balaban J connectivity index is 1.59. The van der Waals surface area contributed by atoms with Gasteiger partial charge in [-0.15, -0.1) is 0 Å². The highest BCUT2D eigenvalue weighted by atomic mass is 16.5. The first-order valence-corrected chi connectivity index (χ1v) is 10.3. The highest BCUT2D eigenvalue weighted by Gasteiger charge is 2.34. The minimum absolute atomic E-state index is 0.0215. The van der Waals surface area contributed by atoms with E-state index in [1.54, 1.807) is 14.2 Å². The van der Waals surface area contributed by atoms with Gasteiger partial charge >= 0.3 is 0 Å². The molecule has 0 N–H and O–H groups in total. The van der Waals surface area contributed by atoms with Crippen LogP contribution in [0, 0.1) is 0 Å². The SMILES string of the molecule is COc1ccc(CC(=O)N2CC(C)N(C(=O)Cc3ccc(OC)cc3)CC2C)cc1. The summed E-state index contributed by atoms with van der Waals surface area (Å²) in [6, 6.07) is 15.1. The molecule has 6 heteroatoms. The molecule has 2 aromatic carbocycles. The van der Waals surface area contributed by atoms with Crippen LogP contribution in [0.3, 0.4) is 0 Å². The maximum atomic E-state index is 12.9. The number of ether oxygens (including phenoxy) is 2. The van der Waals surface area contributed by atoms with Crippen LogP contribution < -0.4 is 9.47 Å². The number of nitrogens with zero attached hydrogens (tertiary/aromatic N) is 2. The Morgan fingerprint density at radius 2 is 1.07 bits per heavy atom. The Kier molecular flexibility index (Phi) is 6.98. The molecule has 1 saturated heterocycles. The Morgan fingerprint density at radius 3 is 1.37 bits per heavy atom. The lowest BCUT2D eigenvalue weighted by Crippen LogP contribution is -2.60. The summed E-state index contributed by atoms with van der Waals surface area (Å²) in [5, 5.41) is 0. The minimum Gasteiger partial charge on any atom is -0.497 e. The first-order valence-electron chi connectivity index (χ1n) is 10.3. The molecule has 3 rings (SSSR count). The maximum Gasteiger partial charge on any atom is 0.227 e. The number of hydrogen-bond acceptors (Lipinski definition) is 4. The van der Waals surface area contributed by atoms with Crippen LogP contribution in [0.5, 0.6) is 11.5 Å². The van der Waals surface area contributed by atoms with Crippen molar-refractivity contribution in [2.24, 2.45) is 0 Å². The lowest BCUT2D eigenvalue weighted by molar-refractivity contribution is -0.145. The molecule has 1 aliphatic rings. The van der Waals surface area contributed by atoms with Crippen molar-refractivity contribution >= 4 is 11.8 Å². The van der Waals surface area contributed by atoms with Gasteiger partial charge in [0, 0.05) is 25.2 Å². The zero-order chi connectivity index (χ0) is 21.7. The molecule has 2 atom stereocenters. The molecule has 1 aliphatic heterocycles. The molecule has 30 heavy (non-hydrogen) atoms. The summed E-state index contributed by atoms with van der Waals surface area (Å²) < 4.78 is 10.3. The molecule has 2 amide bonds. The number of amides is 2. The number of benzene rings is 2. The average molecular weight is 411 g/mol. The maximum absolute atomic E-state index is 12.9. The van der Waals surface area contributed by atoms with Gasteiger partial charge in [-0.05, 0) is 49.2 Å². The Bertz CT molecular complexity index is 790. The molecule has 2 unspecified atom stereocenters. The second kappa shape index (κ2) is 9.65. The van der Waals surface area contributed by atoms with Crippen molar-refractivity contribution in [2.75, 3.05) is 27.3 Å². The summed E-state index contributed by atoms with van der Waals surface area (Å²) in [5.74, 6) is 1.72. The molecule has 160 valence electrons. The van der Waals surface area contributed by atoms with Gasteiger partial charge in [0.15, 0.2) is 0 Å². The smallest absolute Gasteiger partial charge is 0.227 e. The number of rotatable bonds is 6. The van der Waals surface area contributed by atoms with Crippen LogP contribution in [0.4, 0.5) is 0 Å². The van der Waals surface area contributed by atoms with Gasteiger partial charge < -0.3 is 19.3 Å². The molecular formula is C24H30N2O4. The number of methoxy groups -OCH3 is 2. The molecule has 0 spiro atoms. The normalized spacial score (nSPS) is 18.8. The highest BCUT2D eigenvalue weighted by molar-refractivity contribution is 5.81. The van der Waals surface area contributed by atoms with E-state index in [1.807, 2.05) is 72.2 Å². The van der Waals surface area contributed by atoms with E-state index in [9.17, 15) is 9.59 Å². The van der Waals surface area contributed by atoms with Crippen molar-refractivity contribution in [1.29, 1.82) is 0 Å². The van der Waals surface area contributed by atoms with Crippen molar-refractivity contribution in [3.63, 3.8) is 0 Å². The molecule has 0 aromatic heterocycles. The van der Waals surface area contributed by atoms with E-state index < -0.39 is 0 Å². The fraction of sp³-hybridized carbons (Fsp3) is 0.417. The van der Waals surface area contributed by atoms with Gasteiger partial charge in [0.2, 0.25) is 11.8 Å². The fourth-order valence-corrected chi connectivity index (χ4v) is 3.86. The largest absolute Gasteiger partial charge is 0.497 e. The summed E-state index contributed by atoms with van der Waals surface area (Å²) in [7, 11) is 3.25. The summed E-state index contributed by atoms with van der Waals surface area (Å²) in [6.07, 6.45) is 0.696. The molecular weight excluding hydrogens is 380 g/mol. The van der Waals surface area contributed by atoms with Gasteiger partial charge in [-0.25, -0.2) is 0 Å². The summed E-state index contributed by atoms with van der Waals surface area (Å²) in [6.45, 7) is 5.10. The van der Waals surface area contributed by atoms with Crippen molar-refractivity contribution in [2.45, 2.75) is 38.8 Å². The number of carbonyl (C=O) groups is 2. The predicted molar refractivity (Wildman–Crippen MR) is 116 cm³/mol. The van der Waals surface area contributed by atoms with Crippen LogP contribution >= 0.6 is 0 Å². The van der Waals surface area contributed by atoms with Crippen LogP contribution in [0.15, 0.2) is 48.5 Å². The van der Waals surface area contributed by atoms with Gasteiger partial charge in [-0.3, -0.25) is 9.59 Å². The number of carbonyl (C=O) groups excluding carboxylic acids is 2. The lowest BCUT2D eigenvalue weighted by Gasteiger charge is -2.44. The van der Waals surface area contributed by atoms with Gasteiger partial charge in [-0.2, -0.15) is 0 Å².